The van der Waals surface area contributed by atoms with Gasteiger partial charge in [0, 0.05) is 26.2 Å². The number of nitrogens with zero attached hydrogens (tertiary/aromatic N) is 2. The van der Waals surface area contributed by atoms with Gasteiger partial charge in [-0.3, -0.25) is 15.2 Å². The molecule has 0 aliphatic rings. The summed E-state index contributed by atoms with van der Waals surface area (Å²) in [5.41, 5.74) is 0.169. The summed E-state index contributed by atoms with van der Waals surface area (Å²) in [4.78, 5) is 28.2. The number of carbonyl (C=O) groups is 2. The van der Waals surface area contributed by atoms with Crippen molar-refractivity contribution in [2.75, 3.05) is 12.4 Å². The summed E-state index contributed by atoms with van der Waals surface area (Å²) >= 11 is 0. The van der Waals surface area contributed by atoms with Crippen LogP contribution in [0.3, 0.4) is 0 Å². The maximum absolute atomic E-state index is 14.7. The second kappa shape index (κ2) is 12.6. The molecule has 1 atom stereocenters. The molecule has 0 heterocycles. The van der Waals surface area contributed by atoms with E-state index in [1.54, 1.807) is 20.8 Å². The van der Waals surface area contributed by atoms with Crippen molar-refractivity contribution in [2.45, 2.75) is 52.4 Å². The van der Waals surface area contributed by atoms with Crippen LogP contribution in [-0.4, -0.2) is 46.3 Å². The molecular formula is C30H34F2N4O3. The van der Waals surface area contributed by atoms with Crippen LogP contribution < -0.4 is 5.32 Å². The minimum absolute atomic E-state index is 0.0365. The molecule has 3 aromatic carbocycles. The Morgan fingerprint density at radius 2 is 1.44 bits per heavy atom. The van der Waals surface area contributed by atoms with E-state index >= 15 is 0 Å². The molecule has 3 aromatic rings. The molecular weight excluding hydrogens is 502 g/mol. The van der Waals surface area contributed by atoms with E-state index in [4.69, 9.17) is 10.1 Å². The van der Waals surface area contributed by atoms with Gasteiger partial charge in [-0.2, -0.15) is 0 Å². The Kier molecular flexibility index (Phi) is 9.53. The fraction of sp³-hybridized carbons (Fsp3) is 0.300. The van der Waals surface area contributed by atoms with Crippen LogP contribution in [0.2, 0.25) is 0 Å². The number of likely N-dealkylation sites (N-methyl/N-ethyl adjacent to an activating group) is 1. The summed E-state index contributed by atoms with van der Waals surface area (Å²) in [5, 5.41) is 11.0. The number of benzene rings is 3. The number of anilines is 1. The average Bonchev–Trinajstić information content (AvgIpc) is 2.89. The van der Waals surface area contributed by atoms with Crippen molar-refractivity contribution in [1.29, 1.82) is 5.41 Å². The van der Waals surface area contributed by atoms with E-state index in [1.165, 1.54) is 7.05 Å². The second-order valence-electron chi connectivity index (χ2n) is 10.2. The Labute approximate surface area is 227 Å². The Morgan fingerprint density at radius 3 is 1.92 bits per heavy atom. The van der Waals surface area contributed by atoms with Crippen molar-refractivity contribution in [3.05, 3.63) is 101 Å². The molecule has 0 spiro atoms. The predicted octanol–water partition coefficient (Wildman–Crippen LogP) is 6.45. The number of halogens is 2. The first-order valence-corrected chi connectivity index (χ1v) is 12.5. The zero-order chi connectivity index (χ0) is 28.7. The highest BCUT2D eigenvalue weighted by Crippen LogP contribution is 2.23. The van der Waals surface area contributed by atoms with Crippen LogP contribution in [0.4, 0.5) is 19.3 Å². The molecule has 7 nitrogen and oxygen atoms in total. The Morgan fingerprint density at radius 1 is 0.923 bits per heavy atom. The number of amides is 2. The molecule has 0 saturated carbocycles. The number of rotatable bonds is 8. The zero-order valence-corrected chi connectivity index (χ0v) is 22.8. The van der Waals surface area contributed by atoms with E-state index in [1.807, 2.05) is 72.5 Å². The average molecular weight is 537 g/mol. The lowest BCUT2D eigenvalue weighted by Gasteiger charge is -2.33. The lowest BCUT2D eigenvalue weighted by molar-refractivity contribution is 0.00641. The van der Waals surface area contributed by atoms with Gasteiger partial charge in [0.2, 0.25) is 0 Å². The van der Waals surface area contributed by atoms with E-state index in [-0.39, 0.29) is 5.84 Å². The van der Waals surface area contributed by atoms with Gasteiger partial charge < -0.3 is 10.1 Å². The predicted molar refractivity (Wildman–Crippen MR) is 148 cm³/mol. The van der Waals surface area contributed by atoms with Crippen molar-refractivity contribution < 1.29 is 23.1 Å². The van der Waals surface area contributed by atoms with Crippen molar-refractivity contribution in [3.8, 4) is 0 Å². The van der Waals surface area contributed by atoms with Gasteiger partial charge >= 0.3 is 12.0 Å². The quantitative estimate of drug-likeness (QED) is 0.197. The summed E-state index contributed by atoms with van der Waals surface area (Å²) in [6.07, 6.45) is 0. The maximum atomic E-state index is 14.7. The van der Waals surface area contributed by atoms with Crippen molar-refractivity contribution in [2.24, 2.45) is 0 Å². The third-order valence-electron chi connectivity index (χ3n) is 5.98. The fourth-order valence-electron chi connectivity index (χ4n) is 3.86. The van der Waals surface area contributed by atoms with Crippen LogP contribution in [0.25, 0.3) is 0 Å². The van der Waals surface area contributed by atoms with Crippen LogP contribution in [0, 0.1) is 17.0 Å². The summed E-state index contributed by atoms with van der Waals surface area (Å²) in [6, 6.07) is 19.7. The zero-order valence-electron chi connectivity index (χ0n) is 22.8. The van der Waals surface area contributed by atoms with Gasteiger partial charge in [0.1, 0.15) is 23.1 Å². The van der Waals surface area contributed by atoms with Gasteiger partial charge in [-0.25, -0.2) is 18.4 Å². The minimum Gasteiger partial charge on any atom is -0.456 e. The Hall–Kier alpha value is -4.11. The van der Waals surface area contributed by atoms with Gasteiger partial charge in [-0.1, -0.05) is 60.7 Å². The summed E-state index contributed by atoms with van der Waals surface area (Å²) in [7, 11) is 1.39. The number of carbonyl (C=O) groups excluding carboxylic acids is 2. The third-order valence-corrected chi connectivity index (χ3v) is 5.98. The highest BCUT2D eigenvalue weighted by molar-refractivity contribution is 6.04. The minimum atomic E-state index is -1.04. The molecule has 2 N–H and O–H groups in total. The van der Waals surface area contributed by atoms with E-state index in [9.17, 15) is 18.4 Å². The molecule has 0 unspecified atom stereocenters. The van der Waals surface area contributed by atoms with Crippen LogP contribution in [0.5, 0.6) is 0 Å². The van der Waals surface area contributed by atoms with Gasteiger partial charge in [0.25, 0.3) is 0 Å². The third kappa shape index (κ3) is 8.19. The molecule has 0 saturated heterocycles. The molecule has 0 aromatic heterocycles. The summed E-state index contributed by atoms with van der Waals surface area (Å²) in [5.74, 6) is -3.09. The number of nitrogens with one attached hydrogen (secondary N) is 2. The number of amidine groups is 1. The molecule has 0 fully saturated rings. The standard InChI is InChI=1S/C30H34F2N4O3/c1-20(36(18-21-12-8-6-9-13-21)19-22-14-10-7-11-15-22)27(33)35(5)29(38)34-26-17-24(31)23(16-25(26)32)28(37)39-30(2,3)4/h6-17,20,33H,18-19H2,1-5H3,(H,34,38)/t20-/m1/s1. The van der Waals surface area contributed by atoms with E-state index in [2.05, 4.69) is 5.32 Å². The van der Waals surface area contributed by atoms with Crippen molar-refractivity contribution >= 4 is 23.5 Å². The topological polar surface area (TPSA) is 85.7 Å². The highest BCUT2D eigenvalue weighted by atomic mass is 19.1. The smallest absolute Gasteiger partial charge is 0.341 e. The fourth-order valence-corrected chi connectivity index (χ4v) is 3.86. The molecule has 0 bridgehead atoms. The number of urea groups is 1. The highest BCUT2D eigenvalue weighted by Gasteiger charge is 2.27. The molecule has 0 radical (unpaired) electrons. The Balaban J connectivity index is 1.75. The SMILES string of the molecule is C[C@H](C(=N)N(C)C(=O)Nc1cc(F)c(C(=O)OC(C)(C)C)cc1F)N(Cc1ccccc1)Cc1ccccc1. The molecule has 2 amide bonds. The normalized spacial score (nSPS) is 12.1. The van der Waals surface area contributed by atoms with Gasteiger partial charge in [0.05, 0.1) is 17.3 Å². The lowest BCUT2D eigenvalue weighted by Crippen LogP contribution is -2.48. The molecule has 0 aliphatic heterocycles. The summed E-state index contributed by atoms with van der Waals surface area (Å²) in [6.45, 7) is 7.70. The molecule has 206 valence electrons. The van der Waals surface area contributed by atoms with Crippen LogP contribution in [-0.2, 0) is 17.8 Å². The lowest BCUT2D eigenvalue weighted by atomic mass is 10.1. The van der Waals surface area contributed by atoms with Gasteiger partial charge in [-0.15, -0.1) is 0 Å². The van der Waals surface area contributed by atoms with E-state index in [0.717, 1.165) is 22.1 Å². The maximum Gasteiger partial charge on any atom is 0.341 e. The first-order chi connectivity index (χ1) is 18.4. The monoisotopic (exact) mass is 536 g/mol. The number of esters is 1. The van der Waals surface area contributed by atoms with Gasteiger partial charge in [-0.05, 0) is 44.9 Å². The van der Waals surface area contributed by atoms with E-state index < -0.39 is 46.5 Å². The van der Waals surface area contributed by atoms with E-state index in [0.29, 0.717) is 19.2 Å². The first-order valence-electron chi connectivity index (χ1n) is 12.5. The number of hydrogen-bond acceptors (Lipinski definition) is 5. The molecule has 0 aliphatic carbocycles. The van der Waals surface area contributed by atoms with Crippen LogP contribution in [0.15, 0.2) is 72.8 Å². The first kappa shape index (κ1) is 29.4. The summed E-state index contributed by atoms with van der Waals surface area (Å²) < 4.78 is 34.5. The Bertz CT molecular complexity index is 1270. The van der Waals surface area contributed by atoms with Crippen LogP contribution >= 0.6 is 0 Å². The van der Waals surface area contributed by atoms with Gasteiger partial charge in [0.15, 0.2) is 0 Å². The van der Waals surface area contributed by atoms with Crippen molar-refractivity contribution in [1.82, 2.24) is 9.80 Å². The number of ether oxygens (including phenoxy) is 1. The largest absolute Gasteiger partial charge is 0.456 e. The van der Waals surface area contributed by atoms with Crippen molar-refractivity contribution in [3.63, 3.8) is 0 Å². The number of hydrogen-bond donors (Lipinski definition) is 2. The van der Waals surface area contributed by atoms with Crippen LogP contribution in [0.1, 0.15) is 49.2 Å². The second-order valence-corrected chi connectivity index (χ2v) is 10.2. The molecule has 3 rings (SSSR count). The molecule has 9 heteroatoms. The molecule has 39 heavy (non-hydrogen) atoms.